The average Bonchev–Trinajstić information content (AvgIpc) is 3.33. The lowest BCUT2D eigenvalue weighted by molar-refractivity contribution is -0.274. The van der Waals surface area contributed by atoms with E-state index >= 15 is 0 Å². The summed E-state index contributed by atoms with van der Waals surface area (Å²) in [4.78, 5) is 26.5. The minimum absolute atomic E-state index is 0.0384. The van der Waals surface area contributed by atoms with Crippen LogP contribution in [0.25, 0.3) is 0 Å². The number of alkyl halides is 3. The summed E-state index contributed by atoms with van der Waals surface area (Å²) in [5, 5.41) is 12.8. The van der Waals surface area contributed by atoms with E-state index in [1.807, 2.05) is 0 Å². The third kappa shape index (κ3) is 6.73. The largest absolute Gasteiger partial charge is 0.573 e. The molecule has 220 valence electrons. The van der Waals surface area contributed by atoms with Gasteiger partial charge >= 0.3 is 12.3 Å². The van der Waals surface area contributed by atoms with Crippen molar-refractivity contribution in [2.75, 3.05) is 30.5 Å². The van der Waals surface area contributed by atoms with Crippen LogP contribution in [0, 0.1) is 5.92 Å². The molecular weight excluding hydrogens is 577 g/mol. The molecule has 1 aliphatic carbocycles. The highest BCUT2D eigenvalue weighted by molar-refractivity contribution is 6.30. The molecule has 1 heterocycles. The minimum atomic E-state index is -4.87. The van der Waals surface area contributed by atoms with Crippen molar-refractivity contribution in [3.05, 3.63) is 88.5 Å². The number of nitrogens with one attached hydrogen (secondary N) is 1. The molecule has 42 heavy (non-hydrogen) atoms. The third-order valence-corrected chi connectivity index (χ3v) is 7.24. The van der Waals surface area contributed by atoms with E-state index in [2.05, 4.69) is 10.1 Å². The van der Waals surface area contributed by atoms with Gasteiger partial charge in [0.15, 0.2) is 0 Å². The summed E-state index contributed by atoms with van der Waals surface area (Å²) >= 11 is 6.09. The summed E-state index contributed by atoms with van der Waals surface area (Å²) in [6.45, 7) is 0.533. The van der Waals surface area contributed by atoms with Gasteiger partial charge in [-0.05, 0) is 42.2 Å². The number of rotatable bonds is 10. The predicted molar refractivity (Wildman–Crippen MR) is 149 cm³/mol. The van der Waals surface area contributed by atoms with Crippen molar-refractivity contribution < 1.29 is 42.1 Å². The fraction of sp³-hybridized carbons (Fsp3) is 0.267. The van der Waals surface area contributed by atoms with Gasteiger partial charge in [-0.3, -0.25) is 4.79 Å². The van der Waals surface area contributed by atoms with Crippen LogP contribution in [0.2, 0.25) is 5.02 Å². The Balaban J connectivity index is 1.41. The first-order chi connectivity index (χ1) is 20.0. The van der Waals surface area contributed by atoms with Gasteiger partial charge in [0.05, 0.1) is 19.4 Å². The smallest absolute Gasteiger partial charge is 0.497 e. The number of fused-ring (bicyclic) bond motifs is 1. The monoisotopic (exact) mass is 602 g/mol. The first kappa shape index (κ1) is 29.1. The number of nitrogens with zero attached hydrogens (tertiary/aromatic N) is 1. The summed E-state index contributed by atoms with van der Waals surface area (Å²) in [5.41, 5.74) is 2.47. The molecule has 0 radical (unpaired) electrons. The predicted octanol–water partition coefficient (Wildman–Crippen LogP) is 6.40. The van der Waals surface area contributed by atoms with E-state index in [1.165, 1.54) is 30.2 Å². The highest BCUT2D eigenvalue weighted by atomic mass is 35.5. The Morgan fingerprint density at radius 2 is 1.79 bits per heavy atom. The lowest BCUT2D eigenvalue weighted by Gasteiger charge is -2.27. The number of amides is 1. The van der Waals surface area contributed by atoms with Crippen LogP contribution in [-0.4, -0.2) is 43.6 Å². The van der Waals surface area contributed by atoms with E-state index in [0.717, 1.165) is 5.56 Å². The van der Waals surface area contributed by atoms with Crippen molar-refractivity contribution in [3.63, 3.8) is 0 Å². The van der Waals surface area contributed by atoms with Crippen LogP contribution < -0.4 is 24.4 Å². The number of ether oxygens (including phenoxy) is 3. The van der Waals surface area contributed by atoms with Gasteiger partial charge in [0.1, 0.15) is 23.3 Å². The van der Waals surface area contributed by atoms with Gasteiger partial charge in [0.25, 0.3) is 5.91 Å². The van der Waals surface area contributed by atoms with Crippen LogP contribution in [0.1, 0.15) is 23.6 Å². The number of hydrogen-bond donors (Lipinski definition) is 2. The van der Waals surface area contributed by atoms with Gasteiger partial charge < -0.3 is 29.5 Å². The van der Waals surface area contributed by atoms with Crippen LogP contribution in [0.3, 0.4) is 0 Å². The molecule has 1 aliphatic heterocycles. The lowest BCUT2D eigenvalue weighted by Crippen LogP contribution is -2.37. The molecule has 3 aromatic carbocycles. The maximum atomic E-state index is 14.0. The van der Waals surface area contributed by atoms with Crippen LogP contribution in [-0.2, 0) is 16.0 Å². The Hall–Kier alpha value is -4.38. The topological polar surface area (TPSA) is 97.3 Å². The van der Waals surface area contributed by atoms with Crippen molar-refractivity contribution in [1.29, 1.82) is 0 Å². The average molecular weight is 603 g/mol. The summed E-state index contributed by atoms with van der Waals surface area (Å²) in [5.74, 6) is -0.898. The van der Waals surface area contributed by atoms with E-state index in [-0.39, 0.29) is 19.1 Å². The molecule has 2 aliphatic rings. The molecule has 1 amide bonds. The quantitative estimate of drug-likeness (QED) is 0.277. The maximum Gasteiger partial charge on any atom is 0.573 e. The maximum absolute atomic E-state index is 14.0. The van der Waals surface area contributed by atoms with E-state index in [9.17, 15) is 22.8 Å². The Morgan fingerprint density at radius 3 is 2.45 bits per heavy atom. The molecule has 8 nitrogen and oxygen atoms in total. The van der Waals surface area contributed by atoms with Gasteiger partial charge in [-0.1, -0.05) is 35.9 Å². The number of aliphatic carboxylic acids is 1. The van der Waals surface area contributed by atoms with E-state index in [4.69, 9.17) is 26.2 Å². The number of hydrogen-bond acceptors (Lipinski definition) is 6. The fourth-order valence-corrected chi connectivity index (χ4v) is 5.04. The Labute approximate surface area is 244 Å². The number of anilines is 2. The number of benzene rings is 3. The molecule has 2 N–H and O–H groups in total. The van der Waals surface area contributed by atoms with Crippen LogP contribution in [0.15, 0.2) is 72.3 Å². The first-order valence-corrected chi connectivity index (χ1v) is 13.3. The normalized spacial score (nSPS) is 16.5. The molecule has 1 unspecified atom stereocenters. The second-order valence-electron chi connectivity index (χ2n) is 9.88. The zero-order chi connectivity index (χ0) is 30.0. The number of carbonyl (C=O) groups is 2. The molecule has 0 bridgehead atoms. The molecule has 3 aromatic rings. The van der Waals surface area contributed by atoms with Gasteiger partial charge in [0, 0.05) is 53.0 Å². The number of carboxylic acid groups (broad SMARTS) is 1. The molecule has 2 atom stereocenters. The van der Waals surface area contributed by atoms with Gasteiger partial charge in [-0.15, -0.1) is 13.2 Å². The number of methoxy groups -OCH3 is 1. The number of halogens is 4. The van der Waals surface area contributed by atoms with Crippen molar-refractivity contribution >= 4 is 34.9 Å². The first-order valence-electron chi connectivity index (χ1n) is 13.0. The summed E-state index contributed by atoms with van der Waals surface area (Å²) in [6, 6.07) is 14.7. The summed E-state index contributed by atoms with van der Waals surface area (Å²) in [6.07, 6.45) is -2.34. The van der Waals surface area contributed by atoms with Crippen LogP contribution >= 0.6 is 11.6 Å². The van der Waals surface area contributed by atoms with Crippen molar-refractivity contribution in [3.8, 4) is 17.2 Å². The Bertz CT molecular complexity index is 1530. The third-order valence-electron chi connectivity index (χ3n) is 6.99. The second-order valence-corrected chi connectivity index (χ2v) is 10.3. The van der Waals surface area contributed by atoms with E-state index < -0.39 is 30.0 Å². The zero-order valence-electron chi connectivity index (χ0n) is 22.3. The van der Waals surface area contributed by atoms with Crippen molar-refractivity contribution in [2.45, 2.75) is 25.2 Å². The standard InChI is InChI=1S/C30H26ClF3N2O6/c1-40-24-12-22(13-25(14-24)41-16-17-10-20(11-17)29(38)39)35-27(19-2-5-21(31)6-3-19)28(37)36-9-8-18-4-7-23(15-26(18)36)42-30(32,33)34/h2-7,10,12-15,17,27,35H,8-9,11,16H2,1H3,(H,38,39)/t17-,27?/m1/s1. The van der Waals surface area contributed by atoms with Gasteiger partial charge in [-0.2, -0.15) is 0 Å². The number of carbonyl (C=O) groups excluding carboxylic acids is 1. The molecule has 0 spiro atoms. The van der Waals surface area contributed by atoms with Crippen LogP contribution in [0.4, 0.5) is 24.5 Å². The highest BCUT2D eigenvalue weighted by Gasteiger charge is 2.35. The van der Waals surface area contributed by atoms with E-state index in [1.54, 1.807) is 48.5 Å². The lowest BCUT2D eigenvalue weighted by atomic mass is 9.87. The SMILES string of the molecule is COc1cc(NC(C(=O)N2CCc3ccc(OC(F)(F)F)cc32)c2ccc(Cl)cc2)cc(OC[C@@H]2C=C(C(=O)O)C2)c1. The Morgan fingerprint density at radius 1 is 1.07 bits per heavy atom. The van der Waals surface area contributed by atoms with Crippen molar-refractivity contribution in [2.24, 2.45) is 5.92 Å². The summed E-state index contributed by atoms with van der Waals surface area (Å²) < 4.78 is 54.0. The molecule has 0 saturated heterocycles. The number of carboxylic acids is 1. The molecular formula is C30H26ClF3N2O6. The summed E-state index contributed by atoms with van der Waals surface area (Å²) in [7, 11) is 1.49. The van der Waals surface area contributed by atoms with Crippen molar-refractivity contribution in [1.82, 2.24) is 0 Å². The zero-order valence-corrected chi connectivity index (χ0v) is 23.0. The molecule has 0 fully saturated rings. The molecule has 0 aromatic heterocycles. The Kier molecular flexibility index (Phi) is 8.22. The minimum Gasteiger partial charge on any atom is -0.497 e. The van der Waals surface area contributed by atoms with Gasteiger partial charge in [0.2, 0.25) is 0 Å². The molecule has 12 heteroatoms. The van der Waals surface area contributed by atoms with Crippen LogP contribution in [0.5, 0.6) is 17.2 Å². The van der Waals surface area contributed by atoms with Gasteiger partial charge in [-0.25, -0.2) is 4.79 Å². The molecule has 5 rings (SSSR count). The fourth-order valence-electron chi connectivity index (χ4n) is 4.91. The second kappa shape index (κ2) is 11.8. The molecule has 0 saturated carbocycles. The highest BCUT2D eigenvalue weighted by Crippen LogP contribution is 2.37. The van der Waals surface area contributed by atoms with E-state index in [0.29, 0.717) is 51.9 Å².